The number of hydrogen-bond acceptors (Lipinski definition) is 1. The second-order valence-corrected chi connectivity index (χ2v) is 6.30. The Morgan fingerprint density at radius 2 is 2.16 bits per heavy atom. The Bertz CT molecular complexity index is 470. The molecule has 2 unspecified atom stereocenters. The summed E-state index contributed by atoms with van der Waals surface area (Å²) in [6.45, 7) is 4.43. The zero-order valence-electron chi connectivity index (χ0n) is 11.5. The minimum Gasteiger partial charge on any atom is -0.299 e. The molecule has 0 radical (unpaired) electrons. The third-order valence-corrected chi connectivity index (χ3v) is 4.50. The Morgan fingerprint density at radius 1 is 1.42 bits per heavy atom. The van der Waals surface area contributed by atoms with Crippen LogP contribution < -0.4 is 0 Å². The van der Waals surface area contributed by atoms with E-state index in [-0.39, 0.29) is 10.9 Å². The molecule has 0 aromatic heterocycles. The molecule has 1 saturated carbocycles. The lowest BCUT2D eigenvalue weighted by Gasteiger charge is -2.30. The van der Waals surface area contributed by atoms with Gasteiger partial charge in [0, 0.05) is 12.3 Å². The molecule has 0 saturated heterocycles. The number of ketones is 1. The largest absolute Gasteiger partial charge is 0.299 e. The van der Waals surface area contributed by atoms with Crippen molar-refractivity contribution in [3.05, 3.63) is 34.6 Å². The molecule has 0 bridgehead atoms. The second-order valence-electron chi connectivity index (χ2n) is 5.89. The molecule has 0 aliphatic heterocycles. The molecular weight excluding hydrogens is 263 g/mol. The zero-order chi connectivity index (χ0) is 14.0. The molecule has 1 aromatic carbocycles. The lowest BCUT2D eigenvalue weighted by atomic mass is 9.73. The molecule has 0 N–H and O–H groups in total. The Hall–Kier alpha value is -0.890. The quantitative estimate of drug-likeness (QED) is 0.788. The van der Waals surface area contributed by atoms with Crippen molar-refractivity contribution in [2.75, 3.05) is 0 Å². The van der Waals surface area contributed by atoms with Gasteiger partial charge in [0.15, 0.2) is 0 Å². The van der Waals surface area contributed by atoms with Crippen LogP contribution in [0.25, 0.3) is 0 Å². The Labute approximate surface area is 119 Å². The number of hydrogen-bond donors (Lipinski definition) is 0. The molecule has 1 nitrogen and oxygen atoms in total. The van der Waals surface area contributed by atoms with Gasteiger partial charge in [-0.2, -0.15) is 0 Å². The van der Waals surface area contributed by atoms with Gasteiger partial charge in [0.2, 0.25) is 0 Å². The molecule has 19 heavy (non-hydrogen) atoms. The normalized spacial score (nSPS) is 23.9. The first-order chi connectivity index (χ1) is 8.97. The molecule has 1 aromatic rings. The molecule has 1 fully saturated rings. The number of Topliss-reactive ketones (excluding diaryl/α,β-unsaturated/α-hetero) is 1. The van der Waals surface area contributed by atoms with Crippen LogP contribution in [0, 0.1) is 23.6 Å². The van der Waals surface area contributed by atoms with E-state index in [1.165, 1.54) is 6.07 Å². The fourth-order valence-electron chi connectivity index (χ4n) is 2.90. The molecule has 0 spiro atoms. The average Bonchev–Trinajstić information content (AvgIpc) is 2.36. The number of carbonyl (C=O) groups is 1. The lowest BCUT2D eigenvalue weighted by Crippen LogP contribution is -2.28. The van der Waals surface area contributed by atoms with Crippen LogP contribution >= 0.6 is 11.6 Å². The van der Waals surface area contributed by atoms with E-state index in [2.05, 4.69) is 13.8 Å². The lowest BCUT2D eigenvalue weighted by molar-refractivity contribution is -0.125. The fraction of sp³-hybridized carbons (Fsp3) is 0.562. The maximum atomic E-state index is 13.1. The highest BCUT2D eigenvalue weighted by molar-refractivity contribution is 6.30. The Kier molecular flexibility index (Phi) is 4.62. The molecule has 0 heterocycles. The van der Waals surface area contributed by atoms with Crippen molar-refractivity contribution in [3.8, 4) is 0 Å². The van der Waals surface area contributed by atoms with Crippen LogP contribution in [0.3, 0.4) is 0 Å². The van der Waals surface area contributed by atoms with Crippen LogP contribution in [0.15, 0.2) is 18.2 Å². The topological polar surface area (TPSA) is 17.1 Å². The molecule has 2 atom stereocenters. The van der Waals surface area contributed by atoms with E-state index in [0.717, 1.165) is 18.4 Å². The van der Waals surface area contributed by atoms with Crippen LogP contribution in [0.5, 0.6) is 0 Å². The van der Waals surface area contributed by atoms with E-state index < -0.39 is 5.82 Å². The van der Waals surface area contributed by atoms with E-state index in [0.29, 0.717) is 30.5 Å². The summed E-state index contributed by atoms with van der Waals surface area (Å²) < 4.78 is 13.1. The summed E-state index contributed by atoms with van der Waals surface area (Å²) in [5.74, 6) is 1.26. The third-order valence-electron chi connectivity index (χ3n) is 4.21. The molecular formula is C16H20ClFO. The fourth-order valence-corrected chi connectivity index (χ4v) is 3.10. The standard InChI is InChI=1S/C16H20ClFO/c1-10(2)12-4-6-16(19)13(9-12)7-11-3-5-15(18)14(17)8-11/h3,5,8,10,12-13H,4,6-7,9H2,1-2H3. The maximum Gasteiger partial charge on any atom is 0.141 e. The number of carbonyl (C=O) groups excluding carboxylic acids is 1. The summed E-state index contributed by atoms with van der Waals surface area (Å²) in [6, 6.07) is 4.75. The maximum absolute atomic E-state index is 13.1. The molecule has 1 aliphatic rings. The highest BCUT2D eigenvalue weighted by atomic mass is 35.5. The Balaban J connectivity index is 2.07. The van der Waals surface area contributed by atoms with E-state index in [1.807, 2.05) is 0 Å². The number of benzene rings is 1. The van der Waals surface area contributed by atoms with Crippen molar-refractivity contribution < 1.29 is 9.18 Å². The number of rotatable bonds is 3. The van der Waals surface area contributed by atoms with E-state index in [9.17, 15) is 9.18 Å². The van der Waals surface area contributed by atoms with E-state index >= 15 is 0 Å². The minimum atomic E-state index is -0.402. The van der Waals surface area contributed by atoms with Gasteiger partial charge in [-0.15, -0.1) is 0 Å². The third kappa shape index (κ3) is 3.56. The molecule has 2 rings (SSSR count). The average molecular weight is 283 g/mol. The van der Waals surface area contributed by atoms with Gasteiger partial charge in [0.1, 0.15) is 11.6 Å². The first-order valence-electron chi connectivity index (χ1n) is 6.94. The van der Waals surface area contributed by atoms with Crippen LogP contribution in [0.4, 0.5) is 4.39 Å². The van der Waals surface area contributed by atoms with Gasteiger partial charge in [-0.3, -0.25) is 4.79 Å². The van der Waals surface area contributed by atoms with Crippen molar-refractivity contribution in [1.82, 2.24) is 0 Å². The van der Waals surface area contributed by atoms with Crippen LogP contribution in [-0.2, 0) is 11.2 Å². The summed E-state index contributed by atoms with van der Waals surface area (Å²) in [6.07, 6.45) is 3.33. The van der Waals surface area contributed by atoms with Crippen molar-refractivity contribution in [1.29, 1.82) is 0 Å². The van der Waals surface area contributed by atoms with Crippen LogP contribution in [-0.4, -0.2) is 5.78 Å². The highest BCUT2D eigenvalue weighted by Gasteiger charge is 2.30. The summed E-state index contributed by atoms with van der Waals surface area (Å²) in [4.78, 5) is 12.0. The van der Waals surface area contributed by atoms with Crippen molar-refractivity contribution in [2.45, 2.75) is 39.5 Å². The molecule has 0 amide bonds. The predicted octanol–water partition coefficient (Wildman–Crippen LogP) is 4.66. The number of halogens is 2. The predicted molar refractivity (Wildman–Crippen MR) is 75.8 cm³/mol. The van der Waals surface area contributed by atoms with Gasteiger partial charge in [-0.1, -0.05) is 31.5 Å². The first-order valence-corrected chi connectivity index (χ1v) is 7.31. The highest BCUT2D eigenvalue weighted by Crippen LogP contribution is 2.33. The second kappa shape index (κ2) is 6.04. The van der Waals surface area contributed by atoms with Crippen LogP contribution in [0.1, 0.15) is 38.7 Å². The van der Waals surface area contributed by atoms with Crippen LogP contribution in [0.2, 0.25) is 5.02 Å². The van der Waals surface area contributed by atoms with Gasteiger partial charge in [-0.05, 0) is 48.8 Å². The molecule has 1 aliphatic carbocycles. The summed E-state index contributed by atoms with van der Waals surface area (Å²) in [5.41, 5.74) is 0.953. The summed E-state index contributed by atoms with van der Waals surface area (Å²) in [5, 5.41) is 0.140. The van der Waals surface area contributed by atoms with E-state index in [1.54, 1.807) is 12.1 Å². The molecule has 3 heteroatoms. The monoisotopic (exact) mass is 282 g/mol. The first kappa shape index (κ1) is 14.5. The van der Waals surface area contributed by atoms with Gasteiger partial charge >= 0.3 is 0 Å². The van der Waals surface area contributed by atoms with Crippen molar-refractivity contribution in [3.63, 3.8) is 0 Å². The zero-order valence-corrected chi connectivity index (χ0v) is 12.2. The SMILES string of the molecule is CC(C)C1CCC(=O)C(Cc2ccc(F)c(Cl)c2)C1. The van der Waals surface area contributed by atoms with E-state index in [4.69, 9.17) is 11.6 Å². The van der Waals surface area contributed by atoms with Crippen molar-refractivity contribution >= 4 is 17.4 Å². The Morgan fingerprint density at radius 3 is 2.79 bits per heavy atom. The van der Waals surface area contributed by atoms with Crippen molar-refractivity contribution in [2.24, 2.45) is 17.8 Å². The minimum absolute atomic E-state index is 0.0719. The summed E-state index contributed by atoms with van der Waals surface area (Å²) in [7, 11) is 0. The smallest absolute Gasteiger partial charge is 0.141 e. The van der Waals surface area contributed by atoms with Gasteiger partial charge < -0.3 is 0 Å². The van der Waals surface area contributed by atoms with Gasteiger partial charge in [-0.25, -0.2) is 4.39 Å². The van der Waals surface area contributed by atoms with Gasteiger partial charge in [0.05, 0.1) is 5.02 Å². The summed E-state index contributed by atoms with van der Waals surface area (Å²) >= 11 is 5.79. The van der Waals surface area contributed by atoms with Gasteiger partial charge in [0.25, 0.3) is 0 Å². The molecule has 104 valence electrons.